The van der Waals surface area contributed by atoms with Gasteiger partial charge in [-0.05, 0) is 13.3 Å². The second kappa shape index (κ2) is 9.64. The van der Waals surface area contributed by atoms with Crippen LogP contribution in [0.25, 0.3) is 0 Å². The maximum Gasteiger partial charge on any atom is 2.00 e. The van der Waals surface area contributed by atoms with E-state index in [1.807, 2.05) is 0 Å². The van der Waals surface area contributed by atoms with Gasteiger partial charge in [-0.15, -0.1) is 0 Å². The topological polar surface area (TPSA) is 34.1 Å². The summed E-state index contributed by atoms with van der Waals surface area (Å²) in [7, 11) is 0. The molecule has 0 saturated heterocycles. The van der Waals surface area contributed by atoms with Gasteiger partial charge < -0.3 is 24.8 Å². The van der Waals surface area contributed by atoms with E-state index in [1.165, 1.54) is 6.92 Å². The number of hydrogen-bond acceptors (Lipinski definition) is 2. The zero-order chi connectivity index (χ0) is 9.94. The third kappa shape index (κ3) is 8.25. The Morgan fingerprint density at radius 1 is 1.20 bits per heavy atom. The molecular formula is C7H9Cl2F3O2Ti. The van der Waals surface area contributed by atoms with E-state index in [4.69, 9.17) is 0 Å². The Morgan fingerprint density at radius 2 is 1.53 bits per heavy atom. The molecule has 0 aliphatic rings. The fraction of sp³-hybridized carbons (Fsp3) is 0.714. The number of halogens is 5. The summed E-state index contributed by atoms with van der Waals surface area (Å²) in [5.41, 5.74) is 0. The molecule has 8 heteroatoms. The number of Topliss-reactive ketones (excluding diaryl/α,β-unsaturated/α-hetero) is 2. The minimum atomic E-state index is -4.90. The van der Waals surface area contributed by atoms with Gasteiger partial charge >= 0.3 is 27.9 Å². The van der Waals surface area contributed by atoms with Crippen LogP contribution in [0.3, 0.4) is 0 Å². The van der Waals surface area contributed by atoms with Crippen LogP contribution < -0.4 is 24.8 Å². The van der Waals surface area contributed by atoms with Gasteiger partial charge in [-0.3, -0.25) is 9.59 Å². The number of rotatable bonds is 3. The zero-order valence-electron chi connectivity index (χ0n) is 7.99. The largest absolute Gasteiger partial charge is 2.00 e. The Kier molecular flexibility index (Phi) is 15.8. The van der Waals surface area contributed by atoms with Crippen LogP contribution in [0.2, 0.25) is 0 Å². The summed E-state index contributed by atoms with van der Waals surface area (Å²) >= 11 is 0. The smallest absolute Gasteiger partial charge is 1.00 e. The summed E-state index contributed by atoms with van der Waals surface area (Å²) < 4.78 is 35.2. The first-order valence-corrected chi connectivity index (χ1v) is 3.42. The SMILES string of the molecule is CCC(C(C)=O)C(=O)C(F)(F)F.[Cl-].[Cl-].[Ti+2]. The maximum absolute atomic E-state index is 11.7. The molecule has 0 heterocycles. The van der Waals surface area contributed by atoms with E-state index in [1.54, 1.807) is 0 Å². The van der Waals surface area contributed by atoms with Crippen LogP contribution in [0.4, 0.5) is 13.2 Å². The van der Waals surface area contributed by atoms with Crippen molar-refractivity contribution in [2.24, 2.45) is 5.92 Å². The van der Waals surface area contributed by atoms with Crippen molar-refractivity contribution >= 4 is 11.6 Å². The van der Waals surface area contributed by atoms with Gasteiger partial charge in [-0.25, -0.2) is 0 Å². The van der Waals surface area contributed by atoms with Crippen LogP contribution in [0.15, 0.2) is 0 Å². The number of ketones is 2. The first-order chi connectivity index (χ1) is 5.30. The molecule has 15 heavy (non-hydrogen) atoms. The van der Waals surface area contributed by atoms with Crippen LogP contribution in [0.1, 0.15) is 20.3 Å². The standard InChI is InChI=1S/C7H9F3O2.2ClH.Ti/c1-3-5(4(2)11)6(12)7(8,9)10;;;/h5H,3H2,1-2H3;2*1H;/q;;;+2/p-2. The summed E-state index contributed by atoms with van der Waals surface area (Å²) in [6.07, 6.45) is -5.00. The van der Waals surface area contributed by atoms with Gasteiger partial charge in [0.2, 0.25) is 5.78 Å². The minimum Gasteiger partial charge on any atom is -1.00 e. The van der Waals surface area contributed by atoms with Gasteiger partial charge in [0.15, 0.2) is 0 Å². The Morgan fingerprint density at radius 3 is 1.60 bits per heavy atom. The quantitative estimate of drug-likeness (QED) is 0.391. The second-order valence-corrected chi connectivity index (χ2v) is 2.43. The zero-order valence-corrected chi connectivity index (χ0v) is 11.1. The van der Waals surface area contributed by atoms with Crippen LogP contribution in [0, 0.1) is 5.92 Å². The van der Waals surface area contributed by atoms with E-state index in [9.17, 15) is 22.8 Å². The van der Waals surface area contributed by atoms with Crippen molar-refractivity contribution in [3.63, 3.8) is 0 Å². The first kappa shape index (κ1) is 24.6. The van der Waals surface area contributed by atoms with Crippen molar-refractivity contribution in [1.29, 1.82) is 0 Å². The van der Waals surface area contributed by atoms with E-state index in [0.29, 0.717) is 0 Å². The van der Waals surface area contributed by atoms with Gasteiger partial charge in [0.25, 0.3) is 0 Å². The molecular weight excluding hydrogens is 292 g/mol. The second-order valence-electron chi connectivity index (χ2n) is 2.43. The molecule has 0 aromatic rings. The molecule has 1 atom stereocenters. The Balaban J connectivity index is -0.000000202. The van der Waals surface area contributed by atoms with E-state index in [0.717, 1.165) is 6.92 Å². The molecule has 0 saturated carbocycles. The monoisotopic (exact) mass is 300 g/mol. The van der Waals surface area contributed by atoms with Crippen molar-refractivity contribution in [2.75, 3.05) is 0 Å². The van der Waals surface area contributed by atoms with Crippen molar-refractivity contribution in [3.05, 3.63) is 0 Å². The molecule has 1 unspecified atom stereocenters. The Hall–Kier alpha value is 0.424. The van der Waals surface area contributed by atoms with E-state index >= 15 is 0 Å². The van der Waals surface area contributed by atoms with Crippen LogP contribution >= 0.6 is 0 Å². The molecule has 0 aromatic carbocycles. The minimum absolute atomic E-state index is 0. The molecule has 0 aromatic heterocycles. The molecule has 88 valence electrons. The van der Waals surface area contributed by atoms with Gasteiger partial charge in [0.05, 0.1) is 5.92 Å². The van der Waals surface area contributed by atoms with Crippen LogP contribution in [-0.4, -0.2) is 17.7 Å². The molecule has 0 spiro atoms. The molecule has 0 rings (SSSR count). The van der Waals surface area contributed by atoms with E-state index in [-0.39, 0.29) is 53.0 Å². The average Bonchev–Trinajstić information content (AvgIpc) is 1.86. The predicted octanol–water partition coefficient (Wildman–Crippen LogP) is -4.26. The fourth-order valence-electron chi connectivity index (χ4n) is 0.855. The van der Waals surface area contributed by atoms with Gasteiger partial charge in [-0.1, -0.05) is 6.92 Å². The maximum atomic E-state index is 11.7. The van der Waals surface area contributed by atoms with Crippen molar-refractivity contribution in [3.8, 4) is 0 Å². The average molecular weight is 301 g/mol. The fourth-order valence-corrected chi connectivity index (χ4v) is 0.855. The van der Waals surface area contributed by atoms with Gasteiger partial charge in [-0.2, -0.15) is 13.2 Å². The van der Waals surface area contributed by atoms with Gasteiger partial charge in [0, 0.05) is 0 Å². The first-order valence-electron chi connectivity index (χ1n) is 3.42. The van der Waals surface area contributed by atoms with Crippen LogP contribution in [0.5, 0.6) is 0 Å². The number of hydrogen-bond donors (Lipinski definition) is 0. The van der Waals surface area contributed by atoms with E-state index < -0.39 is 23.7 Å². The summed E-state index contributed by atoms with van der Waals surface area (Å²) in [6, 6.07) is 0. The molecule has 0 aliphatic heterocycles. The van der Waals surface area contributed by atoms with E-state index in [2.05, 4.69) is 0 Å². The molecule has 0 amide bonds. The molecule has 2 nitrogen and oxygen atoms in total. The molecule has 0 bridgehead atoms. The summed E-state index contributed by atoms with van der Waals surface area (Å²) in [4.78, 5) is 21.0. The number of carbonyl (C=O) groups excluding carboxylic acids is 2. The molecule has 0 N–H and O–H groups in total. The number of alkyl halides is 3. The van der Waals surface area contributed by atoms with Gasteiger partial charge in [0.1, 0.15) is 5.78 Å². The normalized spacial score (nSPS) is 11.3. The molecule has 0 fully saturated rings. The Bertz CT molecular complexity index is 209. The Labute approximate surface area is 113 Å². The molecule has 0 aliphatic carbocycles. The summed E-state index contributed by atoms with van der Waals surface area (Å²) in [6.45, 7) is 2.35. The van der Waals surface area contributed by atoms with Crippen molar-refractivity contribution in [2.45, 2.75) is 26.4 Å². The summed E-state index contributed by atoms with van der Waals surface area (Å²) in [5, 5.41) is 0. The van der Waals surface area contributed by atoms with Crippen molar-refractivity contribution < 1.29 is 69.3 Å². The van der Waals surface area contributed by atoms with Crippen molar-refractivity contribution in [1.82, 2.24) is 0 Å². The third-order valence-electron chi connectivity index (χ3n) is 1.49. The predicted molar refractivity (Wildman–Crippen MR) is 35.5 cm³/mol. The number of carbonyl (C=O) groups is 2. The summed E-state index contributed by atoms with van der Waals surface area (Å²) in [5.74, 6) is -4.21. The third-order valence-corrected chi connectivity index (χ3v) is 1.49. The van der Waals surface area contributed by atoms with Crippen LogP contribution in [-0.2, 0) is 31.3 Å². The molecule has 0 radical (unpaired) electrons.